The molecule has 4 aliphatic rings. The fraction of sp³-hybridized carbons (Fsp3) is 0.677. The van der Waals surface area contributed by atoms with Crippen LogP contribution < -0.4 is 26.9 Å². The number of rotatable bonds is 5. The number of carbonyl (C=O) groups is 6. The van der Waals surface area contributed by atoms with Gasteiger partial charge < -0.3 is 30.7 Å². The molecule has 0 spiro atoms. The van der Waals surface area contributed by atoms with Gasteiger partial charge in [0.2, 0.25) is 11.8 Å². The Morgan fingerprint density at radius 2 is 1.46 bits per heavy atom. The molecule has 8 atom stereocenters. The topological polar surface area (TPSA) is 242 Å². The quantitative estimate of drug-likeness (QED) is 0.0788. The Labute approximate surface area is 294 Å². The van der Waals surface area contributed by atoms with Crippen molar-refractivity contribution >= 4 is 47.1 Å². The Morgan fingerprint density at radius 1 is 0.860 bits per heavy atom. The molecule has 4 heterocycles. The highest BCUT2D eigenvalue weighted by Gasteiger charge is 2.48. The van der Waals surface area contributed by atoms with Gasteiger partial charge >= 0.3 is 5.97 Å². The number of nitrogens with zero attached hydrogens (tertiary/aromatic N) is 3. The molecule has 8 N–H and O–H groups in total. The summed E-state index contributed by atoms with van der Waals surface area (Å²) in [6.45, 7) is 3.09. The number of hydrazine groups is 3. The maximum atomic E-state index is 14.3. The highest BCUT2D eigenvalue weighted by atomic mass is 35.5. The summed E-state index contributed by atoms with van der Waals surface area (Å²) in [5.74, 6) is -5.07. The Hall–Kier alpha value is -3.65. The summed E-state index contributed by atoms with van der Waals surface area (Å²) in [6.07, 6.45) is 4.36. The van der Waals surface area contributed by atoms with Crippen molar-refractivity contribution in [1.29, 1.82) is 0 Å². The number of hydrogen-bond acceptors (Lipinski definition) is 13. The molecule has 0 aromatic carbocycles. The van der Waals surface area contributed by atoms with E-state index in [4.69, 9.17) is 16.3 Å². The Kier molecular flexibility index (Phi) is 13.3. The van der Waals surface area contributed by atoms with Crippen LogP contribution in [0.5, 0.6) is 0 Å². The number of carbonyl (C=O) groups excluding carboxylic acids is 6. The van der Waals surface area contributed by atoms with Crippen LogP contribution in [0, 0.1) is 5.92 Å². The molecule has 4 rings (SSSR count). The normalized spacial score (nSPS) is 34.2. The number of halogens is 1. The minimum absolute atomic E-state index is 0.0381. The van der Waals surface area contributed by atoms with Crippen molar-refractivity contribution in [2.24, 2.45) is 5.92 Å². The number of ether oxygens (including phenoxy) is 1. The van der Waals surface area contributed by atoms with Gasteiger partial charge in [-0.05, 0) is 25.7 Å². The number of hydrogen-bond donors (Lipinski definition) is 8. The predicted octanol–water partition coefficient (Wildman–Crippen LogP) is -3.30. The minimum atomic E-state index is -2.09. The van der Waals surface area contributed by atoms with E-state index in [1.165, 1.54) is 0 Å². The molecule has 0 saturated carbocycles. The molecule has 0 bridgehead atoms. The summed E-state index contributed by atoms with van der Waals surface area (Å²) < 4.78 is 5.17. The largest absolute Gasteiger partial charge is 0.454 e. The molecule has 19 heteroatoms. The third kappa shape index (κ3) is 9.36. The van der Waals surface area contributed by atoms with E-state index in [1.54, 1.807) is 18.2 Å². The smallest absolute Gasteiger partial charge is 0.334 e. The van der Waals surface area contributed by atoms with Crippen LogP contribution in [-0.2, 0) is 33.5 Å². The lowest BCUT2D eigenvalue weighted by Crippen LogP contribution is -2.71. The summed E-state index contributed by atoms with van der Waals surface area (Å²) in [6, 6.07) is -5.36. The summed E-state index contributed by atoms with van der Waals surface area (Å²) in [7, 11) is 0. The molecule has 4 saturated heterocycles. The standard InChI is InChI=1S/C31H47ClN8O10/c1-17(2)7-5-4-6-8-21-28(47)40-24(9-18(32)12-33-40)29(48)39-23(11-20(43)14-35-39)27(46)37-31(3,16-41)30(49)50-15-25(44)38-22(26(45)36-21)10-19(42)13-34-38/h4-7,17-24,33-35,41-43H,8-16H2,1-3H3,(H,36,45)(H,37,46)/b6-4+,7-5+. The van der Waals surface area contributed by atoms with Gasteiger partial charge in [0, 0.05) is 32.5 Å². The molecule has 0 aromatic rings. The fourth-order valence-electron chi connectivity index (χ4n) is 5.91. The van der Waals surface area contributed by atoms with Crippen molar-refractivity contribution in [2.75, 3.05) is 32.8 Å². The maximum Gasteiger partial charge on any atom is 0.334 e. The number of nitrogens with one attached hydrogen (secondary N) is 5. The first-order chi connectivity index (χ1) is 23.6. The second-order valence-electron chi connectivity index (χ2n) is 13.3. The summed E-state index contributed by atoms with van der Waals surface area (Å²) >= 11 is 6.46. The molecule has 8 unspecified atom stereocenters. The predicted molar refractivity (Wildman–Crippen MR) is 176 cm³/mol. The van der Waals surface area contributed by atoms with Gasteiger partial charge in [0.1, 0.15) is 24.2 Å². The zero-order chi connectivity index (χ0) is 36.7. The van der Waals surface area contributed by atoms with Gasteiger partial charge in [-0.15, -0.1) is 11.6 Å². The van der Waals surface area contributed by atoms with Gasteiger partial charge in [-0.25, -0.2) is 21.1 Å². The Balaban J connectivity index is 1.77. The molecule has 278 valence electrons. The molecular formula is C31H47ClN8O10. The van der Waals surface area contributed by atoms with Crippen LogP contribution in [0.15, 0.2) is 24.3 Å². The zero-order valence-electron chi connectivity index (χ0n) is 28.2. The van der Waals surface area contributed by atoms with Crippen molar-refractivity contribution in [3.63, 3.8) is 0 Å². The molecule has 18 nitrogen and oxygen atoms in total. The van der Waals surface area contributed by atoms with Crippen LogP contribution >= 0.6 is 11.6 Å². The number of esters is 1. The monoisotopic (exact) mass is 726 g/mol. The van der Waals surface area contributed by atoms with Crippen molar-refractivity contribution < 1.29 is 48.8 Å². The number of β-amino-alcohol motifs (C(OH)–C–C–N with tert-alkyl or cyclic N) is 2. The van der Waals surface area contributed by atoms with Gasteiger partial charge in [0.25, 0.3) is 17.7 Å². The molecule has 0 radical (unpaired) electrons. The first-order valence-corrected chi connectivity index (χ1v) is 17.0. The highest BCUT2D eigenvalue weighted by molar-refractivity contribution is 6.21. The molecule has 5 amide bonds. The van der Waals surface area contributed by atoms with E-state index in [1.807, 2.05) is 19.9 Å². The minimum Gasteiger partial charge on any atom is -0.454 e. The second-order valence-corrected chi connectivity index (χ2v) is 14.0. The number of allylic oxidation sites excluding steroid dienone is 3. The van der Waals surface area contributed by atoms with Crippen LogP contribution in [0.2, 0.25) is 0 Å². The molecular weight excluding hydrogens is 680 g/mol. The van der Waals surface area contributed by atoms with Crippen LogP contribution in [0.25, 0.3) is 0 Å². The first-order valence-electron chi connectivity index (χ1n) is 16.6. The molecule has 4 aliphatic heterocycles. The van der Waals surface area contributed by atoms with E-state index < -0.39 is 96.0 Å². The number of cyclic esters (lactones) is 1. The number of alkyl halides is 1. The molecule has 4 fully saturated rings. The van der Waals surface area contributed by atoms with Crippen LogP contribution in [-0.4, -0.2) is 146 Å². The molecule has 0 aliphatic carbocycles. The fourth-order valence-corrected chi connectivity index (χ4v) is 6.15. The van der Waals surface area contributed by atoms with Gasteiger partial charge in [-0.2, -0.15) is 0 Å². The molecule has 0 aromatic heterocycles. The van der Waals surface area contributed by atoms with Gasteiger partial charge in [0.15, 0.2) is 12.1 Å². The van der Waals surface area contributed by atoms with Gasteiger partial charge in [-0.1, -0.05) is 38.2 Å². The average molecular weight is 727 g/mol. The summed E-state index contributed by atoms with van der Waals surface area (Å²) in [5, 5.41) is 38.3. The van der Waals surface area contributed by atoms with E-state index in [0.29, 0.717) is 0 Å². The van der Waals surface area contributed by atoms with E-state index in [-0.39, 0.29) is 51.2 Å². The summed E-state index contributed by atoms with van der Waals surface area (Å²) in [5.41, 5.74) is 6.15. The third-order valence-corrected chi connectivity index (χ3v) is 9.07. The van der Waals surface area contributed by atoms with E-state index in [2.05, 4.69) is 26.9 Å². The van der Waals surface area contributed by atoms with Crippen LogP contribution in [0.1, 0.15) is 46.5 Å². The average Bonchev–Trinajstić information content (AvgIpc) is 3.08. The van der Waals surface area contributed by atoms with E-state index in [9.17, 15) is 44.1 Å². The lowest BCUT2D eigenvalue weighted by Gasteiger charge is -2.44. The Morgan fingerprint density at radius 3 is 2.10 bits per heavy atom. The number of aliphatic hydroxyl groups excluding tert-OH is 3. The van der Waals surface area contributed by atoms with E-state index in [0.717, 1.165) is 22.0 Å². The first kappa shape index (κ1) is 39.1. The lowest BCUT2D eigenvalue weighted by molar-refractivity contribution is -0.167. The Bertz CT molecular complexity index is 1370. The summed E-state index contributed by atoms with van der Waals surface area (Å²) in [4.78, 5) is 82.4. The SMILES string of the molecule is CC(C)/C=C/C=C/CC1NC(=O)C2CC(O)CNN2C(=O)COC(=O)C(C)(CO)NC(=O)C2CC(O)CNN2C(=O)C2CC(Cl)CNN2C1=O. The highest BCUT2D eigenvalue weighted by Crippen LogP contribution is 2.23. The van der Waals surface area contributed by atoms with Gasteiger partial charge in [0.05, 0.1) is 24.2 Å². The number of aliphatic hydroxyl groups is 3. The maximum absolute atomic E-state index is 14.3. The van der Waals surface area contributed by atoms with Crippen LogP contribution in [0.4, 0.5) is 0 Å². The third-order valence-electron chi connectivity index (χ3n) is 8.74. The second kappa shape index (κ2) is 17.0. The lowest BCUT2D eigenvalue weighted by atomic mass is 9.98. The van der Waals surface area contributed by atoms with Crippen molar-refractivity contribution in [1.82, 2.24) is 41.9 Å². The van der Waals surface area contributed by atoms with E-state index >= 15 is 0 Å². The number of amides is 5. The zero-order valence-corrected chi connectivity index (χ0v) is 29.0. The van der Waals surface area contributed by atoms with Gasteiger partial charge in [-0.3, -0.25) is 39.0 Å². The van der Waals surface area contributed by atoms with Crippen molar-refractivity contribution in [3.8, 4) is 0 Å². The molecule has 50 heavy (non-hydrogen) atoms. The van der Waals surface area contributed by atoms with Crippen molar-refractivity contribution in [3.05, 3.63) is 24.3 Å². The van der Waals surface area contributed by atoms with Crippen molar-refractivity contribution in [2.45, 2.75) is 93.7 Å². The number of fused-ring (bicyclic) bond motifs is 3. The van der Waals surface area contributed by atoms with Crippen LogP contribution in [0.3, 0.4) is 0 Å².